The van der Waals surface area contributed by atoms with Gasteiger partial charge in [-0.25, -0.2) is 4.79 Å². The zero-order chi connectivity index (χ0) is 27.2. The topological polar surface area (TPSA) is 69.9 Å². The maximum atomic E-state index is 12.9. The third-order valence-corrected chi connectivity index (χ3v) is 8.17. The first kappa shape index (κ1) is 25.5. The fraction of sp³-hybridized carbons (Fsp3) is 0.281. The number of carbonyl (C=O) groups is 1. The van der Waals surface area contributed by atoms with Crippen LogP contribution in [0.25, 0.3) is 28.2 Å². The van der Waals surface area contributed by atoms with E-state index in [-0.39, 0.29) is 19.1 Å². The van der Waals surface area contributed by atoms with E-state index in [0.29, 0.717) is 0 Å². The fourth-order valence-corrected chi connectivity index (χ4v) is 5.31. The SMILES string of the molecule is CC1(C)OB(C(=Cc2ccc3occc3c2)CNC(=O)OCC2c3ccccc3-c3ccccc32)OC1(C)C. The molecule has 1 aromatic heterocycles. The quantitative estimate of drug-likeness (QED) is 0.277. The van der Waals surface area contributed by atoms with Crippen LogP contribution >= 0.6 is 0 Å². The minimum atomic E-state index is -0.607. The molecule has 1 saturated heterocycles. The van der Waals surface area contributed by atoms with Gasteiger partial charge in [-0.1, -0.05) is 60.7 Å². The third kappa shape index (κ3) is 4.77. The molecule has 1 fully saturated rings. The summed E-state index contributed by atoms with van der Waals surface area (Å²) in [5, 5.41) is 3.93. The lowest BCUT2D eigenvalue weighted by Gasteiger charge is -2.32. The van der Waals surface area contributed by atoms with Crippen molar-refractivity contribution in [3.8, 4) is 11.1 Å². The Morgan fingerprint density at radius 1 is 0.923 bits per heavy atom. The smallest absolute Gasteiger partial charge is 0.464 e. The monoisotopic (exact) mass is 521 g/mol. The lowest BCUT2D eigenvalue weighted by atomic mass is 9.77. The van der Waals surface area contributed by atoms with Gasteiger partial charge in [-0.3, -0.25) is 0 Å². The molecule has 0 saturated carbocycles. The van der Waals surface area contributed by atoms with Gasteiger partial charge in [0.1, 0.15) is 12.2 Å². The van der Waals surface area contributed by atoms with Crippen LogP contribution in [0.1, 0.15) is 50.3 Å². The Morgan fingerprint density at radius 3 is 2.23 bits per heavy atom. The van der Waals surface area contributed by atoms with Gasteiger partial charge in [-0.15, -0.1) is 0 Å². The van der Waals surface area contributed by atoms with Crippen molar-refractivity contribution < 1.29 is 23.3 Å². The van der Waals surface area contributed by atoms with E-state index in [2.05, 4.69) is 29.6 Å². The van der Waals surface area contributed by atoms with E-state index in [1.54, 1.807) is 6.26 Å². The lowest BCUT2D eigenvalue weighted by molar-refractivity contribution is 0.00578. The number of alkyl carbamates (subject to hydrolysis) is 1. The molecule has 7 heteroatoms. The van der Waals surface area contributed by atoms with Crippen LogP contribution in [0, 0.1) is 0 Å². The molecular weight excluding hydrogens is 489 g/mol. The van der Waals surface area contributed by atoms with Gasteiger partial charge in [0.2, 0.25) is 0 Å². The van der Waals surface area contributed by atoms with E-state index in [1.807, 2.05) is 82.3 Å². The van der Waals surface area contributed by atoms with E-state index in [1.165, 1.54) is 22.3 Å². The third-order valence-electron chi connectivity index (χ3n) is 8.17. The highest BCUT2D eigenvalue weighted by Gasteiger charge is 2.52. The van der Waals surface area contributed by atoms with Gasteiger partial charge >= 0.3 is 13.2 Å². The van der Waals surface area contributed by atoms with Gasteiger partial charge < -0.3 is 23.8 Å². The molecule has 0 atom stereocenters. The molecule has 2 aliphatic rings. The molecule has 1 N–H and O–H groups in total. The Hall–Kier alpha value is -3.81. The van der Waals surface area contributed by atoms with Crippen molar-refractivity contribution >= 4 is 30.3 Å². The number of benzene rings is 3. The number of nitrogens with one attached hydrogen (secondary N) is 1. The summed E-state index contributed by atoms with van der Waals surface area (Å²) in [4.78, 5) is 12.9. The van der Waals surface area contributed by atoms with Gasteiger partial charge in [0.05, 0.1) is 17.5 Å². The minimum absolute atomic E-state index is 0.00273. The molecule has 1 amide bonds. The van der Waals surface area contributed by atoms with Crippen LogP contribution in [0.5, 0.6) is 0 Å². The highest BCUT2D eigenvalue weighted by Crippen LogP contribution is 2.44. The number of furan rings is 1. The van der Waals surface area contributed by atoms with Crippen molar-refractivity contribution in [2.45, 2.75) is 44.8 Å². The first-order chi connectivity index (χ1) is 18.7. The number of ether oxygens (including phenoxy) is 1. The van der Waals surface area contributed by atoms with Crippen molar-refractivity contribution in [1.82, 2.24) is 5.32 Å². The summed E-state index contributed by atoms with van der Waals surface area (Å²) in [5.41, 5.74) is 6.32. The molecule has 2 heterocycles. The first-order valence-electron chi connectivity index (χ1n) is 13.3. The van der Waals surface area contributed by atoms with Crippen LogP contribution in [0.2, 0.25) is 0 Å². The number of rotatable bonds is 6. The molecule has 198 valence electrons. The Balaban J connectivity index is 1.18. The zero-order valence-electron chi connectivity index (χ0n) is 22.7. The van der Waals surface area contributed by atoms with E-state index < -0.39 is 24.4 Å². The van der Waals surface area contributed by atoms with Crippen molar-refractivity contribution in [3.05, 3.63) is 101 Å². The maximum Gasteiger partial charge on any atom is 0.492 e. The predicted octanol–water partition coefficient (Wildman–Crippen LogP) is 6.99. The molecular formula is C32H32BNO5. The molecule has 6 nitrogen and oxygen atoms in total. The molecule has 39 heavy (non-hydrogen) atoms. The number of amides is 1. The van der Waals surface area contributed by atoms with E-state index >= 15 is 0 Å². The van der Waals surface area contributed by atoms with Crippen molar-refractivity contribution in [3.63, 3.8) is 0 Å². The first-order valence-corrected chi connectivity index (χ1v) is 13.3. The summed E-state index contributed by atoms with van der Waals surface area (Å²) in [6.07, 6.45) is 3.19. The highest BCUT2D eigenvalue weighted by atomic mass is 16.7. The summed E-state index contributed by atoms with van der Waals surface area (Å²) in [5.74, 6) is 0.00273. The summed E-state index contributed by atoms with van der Waals surface area (Å²) in [6, 6.07) is 24.5. The van der Waals surface area contributed by atoms with Gasteiger partial charge in [0.15, 0.2) is 0 Å². The number of hydrogen-bond acceptors (Lipinski definition) is 5. The van der Waals surface area contributed by atoms with Crippen LogP contribution < -0.4 is 5.32 Å². The number of hydrogen-bond donors (Lipinski definition) is 1. The molecule has 3 aromatic carbocycles. The van der Waals surface area contributed by atoms with Gasteiger partial charge in [0.25, 0.3) is 0 Å². The van der Waals surface area contributed by atoms with Gasteiger partial charge in [-0.05, 0) is 79.2 Å². The summed E-state index contributed by atoms with van der Waals surface area (Å²) < 4.78 is 23.9. The lowest BCUT2D eigenvalue weighted by Crippen LogP contribution is -2.41. The summed E-state index contributed by atoms with van der Waals surface area (Å²) in [6.45, 7) is 8.54. The molecule has 1 aliphatic carbocycles. The Labute approximate surface area is 229 Å². The largest absolute Gasteiger partial charge is 0.492 e. The molecule has 0 unspecified atom stereocenters. The average molecular weight is 521 g/mol. The van der Waals surface area contributed by atoms with Gasteiger partial charge in [0, 0.05) is 17.8 Å². The van der Waals surface area contributed by atoms with Crippen LogP contribution in [0.15, 0.2) is 88.9 Å². The zero-order valence-corrected chi connectivity index (χ0v) is 22.7. The molecule has 1 aliphatic heterocycles. The van der Waals surface area contributed by atoms with Crippen LogP contribution in [-0.4, -0.2) is 37.6 Å². The number of fused-ring (bicyclic) bond motifs is 4. The second kappa shape index (κ2) is 9.74. The number of carbonyl (C=O) groups excluding carboxylic acids is 1. The molecule has 0 spiro atoms. The van der Waals surface area contributed by atoms with Crippen molar-refractivity contribution in [1.29, 1.82) is 0 Å². The van der Waals surface area contributed by atoms with Gasteiger partial charge in [-0.2, -0.15) is 0 Å². The molecule has 6 rings (SSSR count). The maximum absolute atomic E-state index is 12.9. The second-order valence-electron chi connectivity index (χ2n) is 11.2. The standard InChI is InChI=1S/C32H32BNO5/c1-31(2)32(3,4)39-33(38-31)23(18-21-13-14-29-22(17-21)15-16-36-29)19-34-30(35)37-20-28-26-11-7-5-9-24(26)25-10-6-8-12-27(25)28/h5-18,28H,19-20H2,1-4H3,(H,34,35). The molecule has 4 aromatic rings. The highest BCUT2D eigenvalue weighted by molar-refractivity contribution is 6.56. The molecule has 0 radical (unpaired) electrons. The molecule has 0 bridgehead atoms. The Kier molecular flexibility index (Phi) is 6.36. The minimum Gasteiger partial charge on any atom is -0.464 e. The van der Waals surface area contributed by atoms with Crippen molar-refractivity contribution in [2.75, 3.05) is 13.2 Å². The van der Waals surface area contributed by atoms with Crippen LogP contribution in [-0.2, 0) is 14.0 Å². The Morgan fingerprint density at radius 2 is 1.56 bits per heavy atom. The van der Waals surface area contributed by atoms with Crippen LogP contribution in [0.3, 0.4) is 0 Å². The van der Waals surface area contributed by atoms with Crippen LogP contribution in [0.4, 0.5) is 4.79 Å². The van der Waals surface area contributed by atoms with E-state index in [0.717, 1.165) is 22.0 Å². The average Bonchev–Trinajstić information content (AvgIpc) is 3.57. The summed E-state index contributed by atoms with van der Waals surface area (Å²) >= 11 is 0. The van der Waals surface area contributed by atoms with Crippen molar-refractivity contribution in [2.24, 2.45) is 0 Å². The predicted molar refractivity (Wildman–Crippen MR) is 153 cm³/mol. The second-order valence-corrected chi connectivity index (χ2v) is 11.2. The normalized spacial score (nSPS) is 17.7. The van der Waals surface area contributed by atoms with E-state index in [9.17, 15) is 4.79 Å². The fourth-order valence-electron chi connectivity index (χ4n) is 5.31. The Bertz CT molecular complexity index is 1510. The van der Waals surface area contributed by atoms with E-state index in [4.69, 9.17) is 18.5 Å². The summed E-state index contributed by atoms with van der Waals surface area (Å²) in [7, 11) is -0.607.